The lowest BCUT2D eigenvalue weighted by atomic mass is 10.1. The molecule has 2 aromatic rings. The Bertz CT molecular complexity index is 442. The van der Waals surface area contributed by atoms with Crippen LogP contribution in [0.25, 0.3) is 0 Å². The standard InChI is InChI=1S/C13H16BrNS2/c1-3-5-15-12(10-4-6-16-8-10)11-7-9(2)13(14)17-11/h4,6-8,12,15H,3,5H2,1-2H3. The molecule has 0 bridgehead atoms. The first-order valence-corrected chi connectivity index (χ1v) is 8.29. The molecule has 92 valence electrons. The molecule has 0 spiro atoms. The van der Waals surface area contributed by atoms with E-state index < -0.39 is 0 Å². The number of halogens is 1. The highest BCUT2D eigenvalue weighted by Crippen LogP contribution is 2.34. The average molecular weight is 330 g/mol. The third kappa shape index (κ3) is 3.19. The van der Waals surface area contributed by atoms with E-state index >= 15 is 0 Å². The van der Waals surface area contributed by atoms with Crippen molar-refractivity contribution in [1.29, 1.82) is 0 Å². The summed E-state index contributed by atoms with van der Waals surface area (Å²) in [5, 5.41) is 8.00. The Morgan fingerprint density at radius 2 is 2.29 bits per heavy atom. The summed E-state index contributed by atoms with van der Waals surface area (Å²) in [5.41, 5.74) is 2.70. The van der Waals surface area contributed by atoms with E-state index in [1.54, 1.807) is 11.3 Å². The lowest BCUT2D eigenvalue weighted by Crippen LogP contribution is -2.21. The van der Waals surface area contributed by atoms with Crippen LogP contribution in [-0.4, -0.2) is 6.54 Å². The Labute approximate surface area is 119 Å². The summed E-state index contributed by atoms with van der Waals surface area (Å²) in [6.07, 6.45) is 1.16. The van der Waals surface area contributed by atoms with Gasteiger partial charge >= 0.3 is 0 Å². The van der Waals surface area contributed by atoms with Gasteiger partial charge in [0.2, 0.25) is 0 Å². The summed E-state index contributed by atoms with van der Waals surface area (Å²) in [5.74, 6) is 0. The van der Waals surface area contributed by atoms with Crippen LogP contribution >= 0.6 is 38.6 Å². The van der Waals surface area contributed by atoms with E-state index in [2.05, 4.69) is 58.0 Å². The quantitative estimate of drug-likeness (QED) is 0.816. The first-order valence-electron chi connectivity index (χ1n) is 5.73. The van der Waals surface area contributed by atoms with Crippen LogP contribution < -0.4 is 5.32 Å². The highest BCUT2D eigenvalue weighted by molar-refractivity contribution is 9.11. The van der Waals surface area contributed by atoms with Crippen molar-refractivity contribution < 1.29 is 0 Å². The molecule has 2 aromatic heterocycles. The fourth-order valence-electron chi connectivity index (χ4n) is 1.74. The molecule has 1 nitrogen and oxygen atoms in total. The van der Waals surface area contributed by atoms with Crippen LogP contribution in [-0.2, 0) is 0 Å². The molecule has 1 unspecified atom stereocenters. The molecule has 0 aliphatic carbocycles. The van der Waals surface area contributed by atoms with Crippen molar-refractivity contribution in [2.24, 2.45) is 0 Å². The van der Waals surface area contributed by atoms with Crippen LogP contribution in [0.15, 0.2) is 26.7 Å². The lowest BCUT2D eigenvalue weighted by Gasteiger charge is -2.15. The summed E-state index contributed by atoms with van der Waals surface area (Å²) < 4.78 is 1.24. The van der Waals surface area contributed by atoms with Crippen LogP contribution in [0.5, 0.6) is 0 Å². The van der Waals surface area contributed by atoms with Crippen molar-refractivity contribution in [2.45, 2.75) is 26.3 Å². The molecule has 0 aromatic carbocycles. The molecule has 4 heteroatoms. The van der Waals surface area contributed by atoms with Crippen LogP contribution in [0.2, 0.25) is 0 Å². The normalized spacial score (nSPS) is 12.9. The van der Waals surface area contributed by atoms with E-state index in [0.29, 0.717) is 6.04 Å². The predicted octanol–water partition coefficient (Wildman–Crippen LogP) is 4.97. The SMILES string of the molecule is CCCNC(c1ccsc1)c1cc(C)c(Br)s1. The van der Waals surface area contributed by atoms with Gasteiger partial charge in [0.1, 0.15) is 0 Å². The van der Waals surface area contributed by atoms with E-state index in [9.17, 15) is 0 Å². The van der Waals surface area contributed by atoms with Crippen molar-refractivity contribution in [1.82, 2.24) is 5.32 Å². The molecule has 0 radical (unpaired) electrons. The molecule has 1 atom stereocenters. The number of nitrogens with one attached hydrogen (secondary N) is 1. The van der Waals surface area contributed by atoms with Crippen molar-refractivity contribution in [2.75, 3.05) is 6.54 Å². The van der Waals surface area contributed by atoms with Gasteiger partial charge in [-0.1, -0.05) is 6.92 Å². The van der Waals surface area contributed by atoms with E-state index in [1.165, 1.54) is 19.8 Å². The van der Waals surface area contributed by atoms with Crippen LogP contribution in [0.3, 0.4) is 0 Å². The zero-order valence-corrected chi connectivity index (χ0v) is 13.2. The highest BCUT2D eigenvalue weighted by Gasteiger charge is 2.16. The van der Waals surface area contributed by atoms with Gasteiger partial charge in [-0.3, -0.25) is 0 Å². The molecule has 0 aliphatic rings. The van der Waals surface area contributed by atoms with E-state index in [1.807, 2.05) is 11.3 Å². The number of hydrogen-bond donors (Lipinski definition) is 1. The first kappa shape index (κ1) is 13.3. The fraction of sp³-hybridized carbons (Fsp3) is 0.385. The summed E-state index contributed by atoms with van der Waals surface area (Å²) in [7, 11) is 0. The molecule has 2 rings (SSSR count). The number of aryl methyl sites for hydroxylation is 1. The second-order valence-corrected chi connectivity index (χ2v) is 7.23. The third-order valence-corrected chi connectivity index (χ3v) is 5.54. The number of thiophene rings is 2. The zero-order valence-electron chi connectivity index (χ0n) is 10.00. The maximum absolute atomic E-state index is 3.62. The van der Waals surface area contributed by atoms with Gasteiger partial charge in [0.05, 0.1) is 9.83 Å². The van der Waals surface area contributed by atoms with Gasteiger partial charge < -0.3 is 5.32 Å². The molecule has 0 aliphatic heterocycles. The maximum Gasteiger partial charge on any atom is 0.0731 e. The average Bonchev–Trinajstić information content (AvgIpc) is 2.92. The van der Waals surface area contributed by atoms with Gasteiger partial charge in [-0.05, 0) is 69.8 Å². The molecule has 0 amide bonds. The smallest absolute Gasteiger partial charge is 0.0731 e. The van der Waals surface area contributed by atoms with Crippen molar-refractivity contribution in [3.63, 3.8) is 0 Å². The van der Waals surface area contributed by atoms with Gasteiger partial charge in [0.25, 0.3) is 0 Å². The molecule has 0 saturated carbocycles. The Balaban J connectivity index is 2.26. The summed E-state index contributed by atoms with van der Waals surface area (Å²) >= 11 is 7.20. The summed E-state index contributed by atoms with van der Waals surface area (Å²) in [4.78, 5) is 1.39. The first-order chi connectivity index (χ1) is 8.22. The Morgan fingerprint density at radius 3 is 2.82 bits per heavy atom. The summed E-state index contributed by atoms with van der Waals surface area (Å²) in [6, 6.07) is 4.83. The monoisotopic (exact) mass is 329 g/mol. The van der Waals surface area contributed by atoms with Crippen LogP contribution in [0.4, 0.5) is 0 Å². The molecule has 0 saturated heterocycles. The molecular formula is C13H16BrNS2. The number of rotatable bonds is 5. The van der Waals surface area contributed by atoms with Crippen molar-refractivity contribution >= 4 is 38.6 Å². The van der Waals surface area contributed by atoms with E-state index in [4.69, 9.17) is 0 Å². The van der Waals surface area contributed by atoms with Gasteiger partial charge in [-0.25, -0.2) is 0 Å². The minimum atomic E-state index is 0.344. The Hall–Kier alpha value is -0.160. The van der Waals surface area contributed by atoms with Gasteiger partial charge in [-0.2, -0.15) is 11.3 Å². The molecule has 17 heavy (non-hydrogen) atoms. The van der Waals surface area contributed by atoms with E-state index in [0.717, 1.165) is 13.0 Å². The molecular weight excluding hydrogens is 314 g/mol. The topological polar surface area (TPSA) is 12.0 Å². The second-order valence-electron chi connectivity index (χ2n) is 4.05. The Kier molecular flexibility index (Phi) is 4.79. The van der Waals surface area contributed by atoms with Gasteiger partial charge in [-0.15, -0.1) is 11.3 Å². The summed E-state index contributed by atoms with van der Waals surface area (Å²) in [6.45, 7) is 5.40. The number of hydrogen-bond acceptors (Lipinski definition) is 3. The van der Waals surface area contributed by atoms with Gasteiger partial charge in [0.15, 0.2) is 0 Å². The zero-order chi connectivity index (χ0) is 12.3. The lowest BCUT2D eigenvalue weighted by molar-refractivity contribution is 0.607. The maximum atomic E-state index is 3.62. The fourth-order valence-corrected chi connectivity index (χ4v) is 4.10. The molecule has 0 fully saturated rings. The van der Waals surface area contributed by atoms with E-state index in [-0.39, 0.29) is 0 Å². The largest absolute Gasteiger partial charge is 0.306 e. The third-order valence-electron chi connectivity index (χ3n) is 2.64. The predicted molar refractivity (Wildman–Crippen MR) is 81.2 cm³/mol. The second kappa shape index (κ2) is 6.14. The van der Waals surface area contributed by atoms with Crippen LogP contribution in [0, 0.1) is 6.92 Å². The minimum Gasteiger partial charge on any atom is -0.306 e. The van der Waals surface area contributed by atoms with Crippen molar-refractivity contribution in [3.8, 4) is 0 Å². The van der Waals surface area contributed by atoms with Crippen molar-refractivity contribution in [3.05, 3.63) is 42.7 Å². The van der Waals surface area contributed by atoms with Gasteiger partial charge in [0, 0.05) is 4.88 Å². The minimum absolute atomic E-state index is 0.344. The molecule has 2 heterocycles. The molecule has 1 N–H and O–H groups in total. The highest BCUT2D eigenvalue weighted by atomic mass is 79.9. The van der Waals surface area contributed by atoms with Crippen LogP contribution in [0.1, 0.15) is 35.4 Å². The Morgan fingerprint density at radius 1 is 1.47 bits per heavy atom.